The smallest absolute Gasteiger partial charge is 0.325 e. The number of hydrogen-bond donors (Lipinski definition) is 3. The summed E-state index contributed by atoms with van der Waals surface area (Å²) in [5.74, 6) is -0.0509. The van der Waals surface area contributed by atoms with E-state index in [2.05, 4.69) is 20.6 Å². The number of benzene rings is 3. The number of nitrogens with two attached hydrogens (primary N) is 1. The molecule has 1 unspecified atom stereocenters. The number of guanidine groups is 1. The minimum atomic E-state index is -3.39. The van der Waals surface area contributed by atoms with Crippen LogP contribution in [0.5, 0.6) is 5.75 Å². The normalized spacial score (nSPS) is 12.4. The predicted molar refractivity (Wildman–Crippen MR) is 158 cm³/mol. The first kappa shape index (κ1) is 29.2. The molecular formula is C30H31FN5O4S+. The van der Waals surface area contributed by atoms with Gasteiger partial charge in [0.2, 0.25) is 5.91 Å². The van der Waals surface area contributed by atoms with Crippen LogP contribution in [0.3, 0.4) is 0 Å². The van der Waals surface area contributed by atoms with Gasteiger partial charge < -0.3 is 21.1 Å². The Bertz CT molecular complexity index is 1660. The zero-order valence-corrected chi connectivity index (χ0v) is 23.6. The Balaban J connectivity index is 1.41. The van der Waals surface area contributed by atoms with E-state index in [1.807, 2.05) is 30.3 Å². The van der Waals surface area contributed by atoms with Gasteiger partial charge in [0.25, 0.3) is 0 Å². The highest BCUT2D eigenvalue weighted by atomic mass is 32.2. The average molecular weight is 577 g/mol. The molecule has 3 aromatic carbocycles. The number of rotatable bonds is 9. The maximum Gasteiger partial charge on any atom is 0.325 e. The first-order valence-electron chi connectivity index (χ1n) is 12.8. The van der Waals surface area contributed by atoms with Crippen molar-refractivity contribution in [3.8, 4) is 16.9 Å². The van der Waals surface area contributed by atoms with E-state index in [0.717, 1.165) is 22.9 Å². The second kappa shape index (κ2) is 12.6. The Morgan fingerprint density at radius 1 is 1.00 bits per heavy atom. The second-order valence-electron chi connectivity index (χ2n) is 9.29. The quantitative estimate of drug-likeness (QED) is 0.191. The van der Waals surface area contributed by atoms with Crippen LogP contribution < -0.4 is 26.1 Å². The lowest BCUT2D eigenvalue weighted by atomic mass is 10.00. The van der Waals surface area contributed by atoms with Crippen molar-refractivity contribution in [2.24, 2.45) is 10.7 Å². The van der Waals surface area contributed by atoms with Crippen molar-refractivity contribution in [3.63, 3.8) is 0 Å². The van der Waals surface area contributed by atoms with Crippen LogP contribution in [0.1, 0.15) is 25.3 Å². The molecule has 0 aliphatic rings. The van der Waals surface area contributed by atoms with Crippen molar-refractivity contribution < 1.29 is 27.3 Å². The molecule has 0 aliphatic carbocycles. The van der Waals surface area contributed by atoms with Crippen LogP contribution in [0.25, 0.3) is 11.1 Å². The fourth-order valence-electron chi connectivity index (χ4n) is 3.97. The van der Waals surface area contributed by atoms with Crippen LogP contribution >= 0.6 is 0 Å². The van der Waals surface area contributed by atoms with Crippen molar-refractivity contribution >= 4 is 38.9 Å². The Hall–Kier alpha value is -4.77. The molecule has 1 aromatic heterocycles. The summed E-state index contributed by atoms with van der Waals surface area (Å²) in [6.45, 7) is 3.91. The number of carbonyl (C=O) groups excluding carboxylic acids is 1. The van der Waals surface area contributed by atoms with Crippen molar-refractivity contribution in [3.05, 3.63) is 96.4 Å². The summed E-state index contributed by atoms with van der Waals surface area (Å²) in [4.78, 5) is 20.2. The molecular weight excluding hydrogens is 545 g/mol. The number of aromatic nitrogens is 1. The number of carbonyl (C=O) groups is 1. The van der Waals surface area contributed by atoms with Gasteiger partial charge >= 0.3 is 11.8 Å². The summed E-state index contributed by atoms with van der Waals surface area (Å²) in [7, 11) is -3.39. The van der Waals surface area contributed by atoms with E-state index < -0.39 is 15.8 Å². The van der Waals surface area contributed by atoms with Gasteiger partial charge in [0, 0.05) is 29.6 Å². The third-order valence-corrected chi connectivity index (χ3v) is 7.34. The molecule has 41 heavy (non-hydrogen) atoms. The number of sulfone groups is 1. The molecule has 9 nitrogen and oxygen atoms in total. The third-order valence-electron chi connectivity index (χ3n) is 6.23. The summed E-state index contributed by atoms with van der Waals surface area (Å²) < 4.78 is 42.5. The van der Waals surface area contributed by atoms with E-state index in [-0.39, 0.29) is 22.6 Å². The number of anilines is 2. The summed E-state index contributed by atoms with van der Waals surface area (Å²) in [5, 5.41) is 5.84. The van der Waals surface area contributed by atoms with Crippen molar-refractivity contribution in [2.75, 3.05) is 23.5 Å². The fraction of sp³-hybridized carbons (Fsp3) is 0.167. The maximum absolute atomic E-state index is 13.2. The molecule has 1 atom stereocenters. The second-order valence-corrected chi connectivity index (χ2v) is 11.3. The molecule has 212 valence electrons. The molecule has 4 rings (SSSR count). The predicted octanol–water partition coefficient (Wildman–Crippen LogP) is 4.91. The van der Waals surface area contributed by atoms with Gasteiger partial charge in [-0.05, 0) is 72.4 Å². The van der Waals surface area contributed by atoms with Crippen LogP contribution in [0.2, 0.25) is 0 Å². The minimum Gasteiger partial charge on any atom is -0.492 e. The molecule has 0 saturated heterocycles. The number of nitrogens with zero attached hydrogens (tertiary/aromatic N) is 1. The number of ether oxygens (including phenoxy) is 1. The van der Waals surface area contributed by atoms with Crippen LogP contribution in [0, 0.1) is 5.82 Å². The number of aromatic amines is 1. The summed E-state index contributed by atoms with van der Waals surface area (Å²) >= 11 is 0. The lowest BCUT2D eigenvalue weighted by Gasteiger charge is -2.13. The highest BCUT2D eigenvalue weighted by Gasteiger charge is 2.16. The Morgan fingerprint density at radius 3 is 2.29 bits per heavy atom. The third kappa shape index (κ3) is 7.67. The van der Waals surface area contributed by atoms with Gasteiger partial charge in [-0.2, -0.15) is 0 Å². The van der Waals surface area contributed by atoms with Crippen molar-refractivity contribution in [1.29, 1.82) is 0 Å². The molecule has 1 heterocycles. The van der Waals surface area contributed by atoms with E-state index in [1.165, 1.54) is 24.3 Å². The van der Waals surface area contributed by atoms with Crippen molar-refractivity contribution in [2.45, 2.75) is 24.7 Å². The zero-order chi connectivity index (χ0) is 29.6. The van der Waals surface area contributed by atoms with Crippen LogP contribution in [-0.4, -0.2) is 33.1 Å². The van der Waals surface area contributed by atoms with Crippen molar-refractivity contribution in [1.82, 2.24) is 0 Å². The zero-order valence-electron chi connectivity index (χ0n) is 22.8. The maximum atomic E-state index is 13.2. The SMILES string of the molecule is CCOc1cc(S(C)(=O)=O)ccc1NC(N)=Nc1ccc(-c2ccc(NC(=O)C(C)c3ccc(F)cc3)cc2)c[nH+]1. The largest absolute Gasteiger partial charge is 0.492 e. The molecule has 0 aliphatic heterocycles. The Morgan fingerprint density at radius 2 is 1.68 bits per heavy atom. The lowest BCUT2D eigenvalue weighted by molar-refractivity contribution is -0.361. The van der Waals surface area contributed by atoms with E-state index in [9.17, 15) is 17.6 Å². The van der Waals surface area contributed by atoms with Gasteiger partial charge in [0.15, 0.2) is 9.84 Å². The first-order valence-corrected chi connectivity index (χ1v) is 14.7. The monoisotopic (exact) mass is 576 g/mol. The summed E-state index contributed by atoms with van der Waals surface area (Å²) in [6.07, 6.45) is 2.91. The Labute approximate surface area is 238 Å². The number of pyridine rings is 1. The molecule has 0 fully saturated rings. The van der Waals surface area contributed by atoms with Gasteiger partial charge in [-0.15, -0.1) is 0 Å². The van der Waals surface area contributed by atoms with Gasteiger partial charge in [-0.3, -0.25) is 4.79 Å². The summed E-state index contributed by atoms with van der Waals surface area (Å²) in [5.41, 5.74) is 9.76. The number of hydrogen-bond acceptors (Lipinski definition) is 5. The number of nitrogens with one attached hydrogen (secondary N) is 3. The minimum absolute atomic E-state index is 0.0806. The first-order chi connectivity index (χ1) is 19.5. The van der Waals surface area contributed by atoms with Gasteiger partial charge in [0.1, 0.15) is 11.6 Å². The molecule has 0 radical (unpaired) electrons. The Kier molecular flexibility index (Phi) is 8.98. The highest BCUT2D eigenvalue weighted by molar-refractivity contribution is 7.90. The summed E-state index contributed by atoms with van der Waals surface area (Å²) in [6, 6.07) is 21.4. The van der Waals surface area contributed by atoms with Gasteiger partial charge in [-0.1, -0.05) is 24.3 Å². The molecule has 4 aromatic rings. The van der Waals surface area contributed by atoms with Crippen LogP contribution in [0.4, 0.5) is 21.6 Å². The topological polar surface area (TPSA) is 137 Å². The fourth-order valence-corrected chi connectivity index (χ4v) is 4.61. The number of halogens is 1. The van der Waals surface area contributed by atoms with Gasteiger partial charge in [0.05, 0.1) is 29.3 Å². The number of aliphatic imine (C=N–C) groups is 1. The standard InChI is InChI=1S/C30H30FN5O4S/c1-4-40-27-17-25(41(3,38)39)14-15-26(27)35-30(32)36-28-16-9-22(18-33-28)21-7-12-24(13-8-21)34-29(37)19(2)20-5-10-23(31)11-6-20/h5-19H,4H2,1-3H3,(H,34,37)(H3,32,33,35,36)/p+1. The number of H-pyrrole nitrogens is 1. The van der Waals surface area contributed by atoms with E-state index in [0.29, 0.717) is 29.5 Å². The average Bonchev–Trinajstić information content (AvgIpc) is 2.94. The molecule has 5 N–H and O–H groups in total. The molecule has 1 amide bonds. The molecule has 0 bridgehead atoms. The molecule has 11 heteroatoms. The molecule has 0 spiro atoms. The number of amides is 1. The van der Waals surface area contributed by atoms with Crippen LogP contribution in [-0.2, 0) is 14.6 Å². The highest BCUT2D eigenvalue weighted by Crippen LogP contribution is 2.28. The lowest BCUT2D eigenvalue weighted by Crippen LogP contribution is -2.23. The van der Waals surface area contributed by atoms with E-state index in [1.54, 1.807) is 44.3 Å². The van der Waals surface area contributed by atoms with Gasteiger partial charge in [-0.25, -0.2) is 17.8 Å². The van der Waals surface area contributed by atoms with E-state index >= 15 is 0 Å². The van der Waals surface area contributed by atoms with Crippen LogP contribution in [0.15, 0.2) is 94.9 Å². The van der Waals surface area contributed by atoms with E-state index in [4.69, 9.17) is 10.5 Å². The molecule has 0 saturated carbocycles.